The lowest BCUT2D eigenvalue weighted by Gasteiger charge is -2.07. The van der Waals surface area contributed by atoms with E-state index in [0.29, 0.717) is 12.3 Å². The molecule has 0 bridgehead atoms. The molecular formula is C24H41N3O. The molecule has 0 aliphatic rings. The maximum Gasteiger partial charge on any atom is 0.204 e. The Bertz CT molecular complexity index is 716. The van der Waals surface area contributed by atoms with Crippen molar-refractivity contribution in [3.63, 3.8) is 0 Å². The third-order valence-corrected chi connectivity index (χ3v) is 5.57. The molecule has 0 amide bonds. The molecule has 1 heterocycles. The monoisotopic (exact) mass is 387 g/mol. The minimum atomic E-state index is 0.482. The van der Waals surface area contributed by atoms with Gasteiger partial charge in [0.05, 0.1) is 11.0 Å². The Morgan fingerprint density at radius 3 is 1.86 bits per heavy atom. The molecule has 2 aromatic rings. The summed E-state index contributed by atoms with van der Waals surface area (Å²) in [6, 6.07) is 8.31. The molecule has 1 N–H and O–H groups in total. The van der Waals surface area contributed by atoms with E-state index < -0.39 is 0 Å². The number of nitrogens with zero attached hydrogens (tertiary/aromatic N) is 2. The van der Waals surface area contributed by atoms with Gasteiger partial charge in [-0.15, -0.1) is 0 Å². The van der Waals surface area contributed by atoms with E-state index in [1.165, 1.54) is 57.8 Å². The van der Waals surface area contributed by atoms with Crippen LogP contribution in [0.4, 0.5) is 0 Å². The van der Waals surface area contributed by atoms with Crippen LogP contribution in [-0.4, -0.2) is 15.7 Å². The number of aryl methyl sites for hydroxylation is 1. The van der Waals surface area contributed by atoms with E-state index in [1.807, 2.05) is 10.6 Å². The van der Waals surface area contributed by atoms with Crippen molar-refractivity contribution in [1.29, 1.82) is 5.41 Å². The molecule has 2 rings (SSSR count). The quantitative estimate of drug-likeness (QED) is 0.323. The van der Waals surface area contributed by atoms with Crippen molar-refractivity contribution >= 4 is 11.0 Å². The van der Waals surface area contributed by atoms with Crippen LogP contribution in [0, 0.1) is 5.41 Å². The highest BCUT2D eigenvalue weighted by Crippen LogP contribution is 2.14. The number of benzene rings is 1. The Labute approximate surface area is 171 Å². The van der Waals surface area contributed by atoms with Crippen molar-refractivity contribution in [1.82, 2.24) is 9.13 Å². The average molecular weight is 388 g/mol. The lowest BCUT2D eigenvalue weighted by molar-refractivity contribution is 0.0729. The standard InChI is InChI=1S/C24H41N3O/c1-3-5-7-8-9-10-11-12-13-16-20-28-21-27-23-18-15-14-17-22(23)26(24(27)25)19-6-4-2/h14-15,17-18,25H,3-13,16,19-21H2,1-2H3. The van der Waals surface area contributed by atoms with Crippen LogP contribution < -0.4 is 5.62 Å². The normalized spacial score (nSPS) is 11.5. The van der Waals surface area contributed by atoms with E-state index in [1.54, 1.807) is 0 Å². The summed E-state index contributed by atoms with van der Waals surface area (Å²) in [6.07, 6.45) is 15.7. The molecular weight excluding hydrogens is 346 g/mol. The van der Waals surface area contributed by atoms with E-state index in [2.05, 4.69) is 36.6 Å². The van der Waals surface area contributed by atoms with Crippen LogP contribution in [0.2, 0.25) is 0 Å². The van der Waals surface area contributed by atoms with E-state index >= 15 is 0 Å². The number of fused-ring (bicyclic) bond motifs is 1. The molecule has 0 aliphatic carbocycles. The van der Waals surface area contributed by atoms with Gasteiger partial charge in [0.1, 0.15) is 6.73 Å². The molecule has 0 aliphatic heterocycles. The van der Waals surface area contributed by atoms with Crippen molar-refractivity contribution in [2.24, 2.45) is 0 Å². The summed E-state index contributed by atoms with van der Waals surface area (Å²) >= 11 is 0. The molecule has 4 nitrogen and oxygen atoms in total. The zero-order valence-corrected chi connectivity index (χ0v) is 18.2. The molecule has 0 saturated heterocycles. The Morgan fingerprint density at radius 1 is 0.714 bits per heavy atom. The molecule has 0 saturated carbocycles. The van der Waals surface area contributed by atoms with Gasteiger partial charge in [-0.05, 0) is 25.0 Å². The highest BCUT2D eigenvalue weighted by Gasteiger charge is 2.09. The Kier molecular flexibility index (Phi) is 11.0. The number of nitrogens with one attached hydrogen (secondary N) is 1. The number of para-hydroxylation sites is 2. The first-order valence-electron chi connectivity index (χ1n) is 11.6. The van der Waals surface area contributed by atoms with Gasteiger partial charge < -0.3 is 9.30 Å². The fraction of sp³-hybridized carbons (Fsp3) is 0.708. The summed E-state index contributed by atoms with van der Waals surface area (Å²) in [6.45, 7) is 6.64. The van der Waals surface area contributed by atoms with Gasteiger partial charge >= 0.3 is 0 Å². The number of hydrogen-bond donors (Lipinski definition) is 1. The molecule has 0 spiro atoms. The topological polar surface area (TPSA) is 42.9 Å². The second kappa shape index (κ2) is 13.6. The van der Waals surface area contributed by atoms with Crippen molar-refractivity contribution in [3.05, 3.63) is 29.9 Å². The zero-order chi connectivity index (χ0) is 20.0. The second-order valence-electron chi connectivity index (χ2n) is 7.96. The third-order valence-electron chi connectivity index (χ3n) is 5.57. The lowest BCUT2D eigenvalue weighted by atomic mass is 10.1. The van der Waals surface area contributed by atoms with Crippen LogP contribution in [0.3, 0.4) is 0 Å². The van der Waals surface area contributed by atoms with E-state index in [-0.39, 0.29) is 0 Å². The van der Waals surface area contributed by atoms with Crippen LogP contribution in [0.1, 0.15) is 90.9 Å². The van der Waals surface area contributed by atoms with Gasteiger partial charge in [-0.1, -0.05) is 90.2 Å². The Morgan fingerprint density at radius 2 is 1.25 bits per heavy atom. The highest BCUT2D eigenvalue weighted by atomic mass is 16.5. The number of ether oxygens (including phenoxy) is 1. The maximum atomic E-state index is 8.55. The zero-order valence-electron chi connectivity index (χ0n) is 18.2. The lowest BCUT2D eigenvalue weighted by Crippen LogP contribution is -2.25. The van der Waals surface area contributed by atoms with Crippen LogP contribution >= 0.6 is 0 Å². The van der Waals surface area contributed by atoms with Crippen molar-refractivity contribution in [3.8, 4) is 0 Å². The molecule has 0 atom stereocenters. The summed E-state index contributed by atoms with van der Waals surface area (Å²) in [5, 5.41) is 8.55. The van der Waals surface area contributed by atoms with Gasteiger partial charge in [-0.25, -0.2) is 0 Å². The maximum absolute atomic E-state index is 8.55. The summed E-state index contributed by atoms with van der Waals surface area (Å²) in [4.78, 5) is 0. The molecule has 0 unspecified atom stereocenters. The number of unbranched alkanes of at least 4 members (excludes halogenated alkanes) is 10. The van der Waals surface area contributed by atoms with E-state index in [9.17, 15) is 0 Å². The SMILES string of the molecule is CCCCCCCCCCCCOCn1c(=N)n(CCCC)c2ccccc21. The molecule has 158 valence electrons. The highest BCUT2D eigenvalue weighted by molar-refractivity contribution is 5.75. The number of hydrogen-bond acceptors (Lipinski definition) is 2. The Hall–Kier alpha value is -1.55. The fourth-order valence-corrected chi connectivity index (χ4v) is 3.82. The molecule has 28 heavy (non-hydrogen) atoms. The Balaban J connectivity index is 1.67. The van der Waals surface area contributed by atoms with Crippen LogP contribution in [0.5, 0.6) is 0 Å². The second-order valence-corrected chi connectivity index (χ2v) is 7.96. The van der Waals surface area contributed by atoms with Crippen molar-refractivity contribution < 1.29 is 4.74 Å². The predicted molar refractivity (Wildman–Crippen MR) is 118 cm³/mol. The van der Waals surface area contributed by atoms with Gasteiger partial charge in [-0.3, -0.25) is 9.98 Å². The van der Waals surface area contributed by atoms with Crippen LogP contribution in [0.25, 0.3) is 11.0 Å². The summed E-state index contributed by atoms with van der Waals surface area (Å²) in [5.41, 5.74) is 2.80. The molecule has 4 heteroatoms. The van der Waals surface area contributed by atoms with Crippen LogP contribution in [-0.2, 0) is 18.0 Å². The summed E-state index contributed by atoms with van der Waals surface area (Å²) in [5.74, 6) is 0. The van der Waals surface area contributed by atoms with Gasteiger partial charge in [0.15, 0.2) is 0 Å². The molecule has 1 aromatic carbocycles. The van der Waals surface area contributed by atoms with Crippen molar-refractivity contribution in [2.75, 3.05) is 6.61 Å². The molecule has 0 fully saturated rings. The van der Waals surface area contributed by atoms with E-state index in [4.69, 9.17) is 10.1 Å². The van der Waals surface area contributed by atoms with Gasteiger partial charge in [0, 0.05) is 13.2 Å². The fourth-order valence-electron chi connectivity index (χ4n) is 3.82. The summed E-state index contributed by atoms with van der Waals surface area (Å²) < 4.78 is 10.0. The smallest absolute Gasteiger partial charge is 0.204 e. The minimum absolute atomic E-state index is 0.482. The van der Waals surface area contributed by atoms with Gasteiger partial charge in [-0.2, -0.15) is 0 Å². The number of imidazole rings is 1. The van der Waals surface area contributed by atoms with Crippen LogP contribution in [0.15, 0.2) is 24.3 Å². The summed E-state index contributed by atoms with van der Waals surface area (Å²) in [7, 11) is 0. The molecule has 0 radical (unpaired) electrons. The number of rotatable bonds is 16. The van der Waals surface area contributed by atoms with E-state index in [0.717, 1.165) is 43.4 Å². The van der Waals surface area contributed by atoms with Gasteiger partial charge in [0.2, 0.25) is 5.62 Å². The average Bonchev–Trinajstić information content (AvgIpc) is 2.98. The largest absolute Gasteiger partial charge is 0.361 e. The molecule has 1 aromatic heterocycles. The van der Waals surface area contributed by atoms with Crippen molar-refractivity contribution in [2.45, 2.75) is 104 Å². The van der Waals surface area contributed by atoms with Gasteiger partial charge in [0.25, 0.3) is 0 Å². The predicted octanol–water partition coefficient (Wildman–Crippen LogP) is 6.62. The number of aromatic nitrogens is 2. The first kappa shape index (κ1) is 22.7. The first-order chi connectivity index (χ1) is 13.8. The minimum Gasteiger partial charge on any atom is -0.361 e. The third kappa shape index (κ3) is 7.12. The first-order valence-corrected chi connectivity index (χ1v) is 11.6.